The van der Waals surface area contributed by atoms with E-state index in [1.54, 1.807) is 7.11 Å². The van der Waals surface area contributed by atoms with Crippen LogP contribution >= 0.6 is 0 Å². The van der Waals surface area contributed by atoms with E-state index in [2.05, 4.69) is 18.2 Å². The molecule has 4 rings (SSSR count). The number of nitrogens with zero attached hydrogens (tertiary/aromatic N) is 1. The van der Waals surface area contributed by atoms with Crippen molar-refractivity contribution in [3.63, 3.8) is 0 Å². The van der Waals surface area contributed by atoms with Crippen molar-refractivity contribution >= 4 is 6.09 Å². The van der Waals surface area contributed by atoms with Gasteiger partial charge in [0.05, 0.1) is 7.11 Å². The molecule has 0 radical (unpaired) electrons. The van der Waals surface area contributed by atoms with Crippen molar-refractivity contribution in [3.05, 3.63) is 29.3 Å². The van der Waals surface area contributed by atoms with Crippen LogP contribution in [0.25, 0.3) is 0 Å². The molecule has 4 heteroatoms. The van der Waals surface area contributed by atoms with Gasteiger partial charge in [-0.15, -0.1) is 0 Å². The maximum Gasteiger partial charge on any atom is 0.410 e. The highest BCUT2D eigenvalue weighted by molar-refractivity contribution is 5.69. The number of carbonyl (C=O) groups excluding carboxylic acids is 1. The van der Waals surface area contributed by atoms with E-state index in [1.807, 2.05) is 25.7 Å². The van der Waals surface area contributed by atoms with Gasteiger partial charge in [0.2, 0.25) is 0 Å². The average Bonchev–Trinajstić information content (AvgIpc) is 3.42. The third-order valence-electron chi connectivity index (χ3n) is 6.50. The molecule has 4 nitrogen and oxygen atoms in total. The summed E-state index contributed by atoms with van der Waals surface area (Å²) >= 11 is 0. The molecule has 0 atom stereocenters. The predicted molar refractivity (Wildman–Crippen MR) is 106 cm³/mol. The number of benzene rings is 1. The van der Waals surface area contributed by atoms with Gasteiger partial charge in [-0.3, -0.25) is 0 Å². The lowest BCUT2D eigenvalue weighted by Gasteiger charge is -2.53. The van der Waals surface area contributed by atoms with Crippen molar-refractivity contribution in [3.8, 4) is 5.75 Å². The van der Waals surface area contributed by atoms with Gasteiger partial charge in [-0.1, -0.05) is 12.1 Å². The Morgan fingerprint density at radius 1 is 1.07 bits per heavy atom. The van der Waals surface area contributed by atoms with Crippen molar-refractivity contribution in [2.75, 3.05) is 20.2 Å². The molecule has 2 aliphatic carbocycles. The van der Waals surface area contributed by atoms with E-state index in [0.29, 0.717) is 11.3 Å². The molecule has 1 aliphatic heterocycles. The zero-order chi connectivity index (χ0) is 19.2. The summed E-state index contributed by atoms with van der Waals surface area (Å²) in [6.45, 7) is 7.49. The highest BCUT2D eigenvalue weighted by Crippen LogP contribution is 2.50. The highest BCUT2D eigenvalue weighted by atomic mass is 16.6. The summed E-state index contributed by atoms with van der Waals surface area (Å²) in [6.07, 6.45) is 7.25. The number of likely N-dealkylation sites (tertiary alicyclic amines) is 1. The van der Waals surface area contributed by atoms with Crippen LogP contribution in [0.1, 0.15) is 82.3 Å². The van der Waals surface area contributed by atoms with Crippen LogP contribution in [0.5, 0.6) is 5.75 Å². The second-order valence-electron chi connectivity index (χ2n) is 9.89. The Balaban J connectivity index is 1.33. The fraction of sp³-hybridized carbons (Fsp3) is 0.696. The normalized spacial score (nSPS) is 22.4. The van der Waals surface area contributed by atoms with E-state index in [0.717, 1.165) is 24.8 Å². The summed E-state index contributed by atoms with van der Waals surface area (Å²) in [6, 6.07) is 6.90. The molecule has 1 heterocycles. The molecule has 0 bridgehead atoms. The van der Waals surface area contributed by atoms with Gasteiger partial charge >= 0.3 is 6.09 Å². The van der Waals surface area contributed by atoms with Crippen LogP contribution < -0.4 is 4.74 Å². The van der Waals surface area contributed by atoms with E-state index >= 15 is 0 Å². The Labute approximate surface area is 163 Å². The summed E-state index contributed by atoms with van der Waals surface area (Å²) in [4.78, 5) is 14.1. The third-order valence-corrected chi connectivity index (χ3v) is 6.50. The summed E-state index contributed by atoms with van der Waals surface area (Å²) in [7, 11) is 1.79. The predicted octanol–water partition coefficient (Wildman–Crippen LogP) is 5.47. The van der Waals surface area contributed by atoms with Crippen LogP contribution in [-0.2, 0) is 4.74 Å². The van der Waals surface area contributed by atoms with Crippen LogP contribution in [-0.4, -0.2) is 36.8 Å². The summed E-state index contributed by atoms with van der Waals surface area (Å²) in [5.74, 6) is 2.42. The fourth-order valence-electron chi connectivity index (χ4n) is 4.81. The maximum absolute atomic E-state index is 12.2. The molecule has 2 saturated carbocycles. The van der Waals surface area contributed by atoms with Crippen molar-refractivity contribution in [2.24, 2.45) is 5.41 Å². The lowest BCUT2D eigenvalue weighted by atomic mass is 9.65. The third kappa shape index (κ3) is 3.95. The number of carbonyl (C=O) groups is 1. The van der Waals surface area contributed by atoms with Crippen LogP contribution in [0.4, 0.5) is 4.79 Å². The van der Waals surface area contributed by atoms with Crippen LogP contribution in [0, 0.1) is 5.41 Å². The molecule has 148 valence electrons. The Bertz CT molecular complexity index is 701. The summed E-state index contributed by atoms with van der Waals surface area (Å²) in [5, 5.41) is 0. The Morgan fingerprint density at radius 3 is 2.30 bits per heavy atom. The molecular weight excluding hydrogens is 338 g/mol. The minimum Gasteiger partial charge on any atom is -0.496 e. The number of rotatable bonds is 3. The van der Waals surface area contributed by atoms with Crippen molar-refractivity contribution in [2.45, 2.75) is 76.7 Å². The van der Waals surface area contributed by atoms with Gasteiger partial charge < -0.3 is 14.4 Å². The maximum atomic E-state index is 12.2. The standard InChI is InChI=1S/C23H33NO3/c1-22(2,3)27-21(25)24-14-23(15-24)11-9-16(10-12-23)18-7-8-19(17-5-6-17)20(13-18)26-4/h7-8,13,16-17H,5-6,9-12,14-15H2,1-4H3. The average molecular weight is 372 g/mol. The molecule has 1 aromatic carbocycles. The smallest absolute Gasteiger partial charge is 0.410 e. The lowest BCUT2D eigenvalue weighted by molar-refractivity contribution is -0.0506. The SMILES string of the molecule is COc1cc(C2CCC3(CC2)CN(C(=O)OC(C)(C)C)C3)ccc1C1CC1. The quantitative estimate of drug-likeness (QED) is 0.707. The first-order chi connectivity index (χ1) is 12.8. The van der Waals surface area contributed by atoms with Crippen LogP contribution in [0.3, 0.4) is 0 Å². The molecule has 0 aromatic heterocycles. The molecule has 0 N–H and O–H groups in total. The Morgan fingerprint density at radius 2 is 1.74 bits per heavy atom. The topological polar surface area (TPSA) is 38.8 Å². The van der Waals surface area contributed by atoms with Gasteiger partial charge in [-0.25, -0.2) is 4.79 Å². The molecular formula is C23H33NO3. The zero-order valence-corrected chi connectivity index (χ0v) is 17.2. The number of hydrogen-bond donors (Lipinski definition) is 0. The first-order valence-corrected chi connectivity index (χ1v) is 10.4. The van der Waals surface area contributed by atoms with Gasteiger partial charge in [0, 0.05) is 18.5 Å². The Hall–Kier alpha value is -1.71. The van der Waals surface area contributed by atoms with E-state index in [9.17, 15) is 4.79 Å². The minimum absolute atomic E-state index is 0.157. The number of hydrogen-bond acceptors (Lipinski definition) is 3. The molecule has 1 amide bonds. The van der Waals surface area contributed by atoms with Gasteiger partial charge in [-0.05, 0) is 88.3 Å². The molecule has 3 aliphatic rings. The van der Waals surface area contributed by atoms with Crippen LogP contribution in [0.15, 0.2) is 18.2 Å². The minimum atomic E-state index is -0.414. The second-order valence-corrected chi connectivity index (χ2v) is 9.89. The molecule has 1 aromatic rings. The largest absolute Gasteiger partial charge is 0.496 e. The second kappa shape index (κ2) is 6.72. The van der Waals surface area contributed by atoms with Crippen molar-refractivity contribution in [1.29, 1.82) is 0 Å². The molecule has 0 unspecified atom stereocenters. The first kappa shape index (κ1) is 18.6. The monoisotopic (exact) mass is 371 g/mol. The zero-order valence-electron chi connectivity index (χ0n) is 17.2. The lowest BCUT2D eigenvalue weighted by Crippen LogP contribution is -2.60. The van der Waals surface area contributed by atoms with E-state index in [-0.39, 0.29) is 6.09 Å². The van der Waals surface area contributed by atoms with E-state index < -0.39 is 5.60 Å². The van der Waals surface area contributed by atoms with Gasteiger partial charge in [-0.2, -0.15) is 0 Å². The number of ether oxygens (including phenoxy) is 2. The van der Waals surface area contributed by atoms with Gasteiger partial charge in [0.15, 0.2) is 0 Å². The van der Waals surface area contributed by atoms with Crippen LogP contribution in [0.2, 0.25) is 0 Å². The fourth-order valence-corrected chi connectivity index (χ4v) is 4.81. The Kier molecular flexibility index (Phi) is 4.64. The van der Waals surface area contributed by atoms with E-state index in [1.165, 1.54) is 49.7 Å². The van der Waals surface area contributed by atoms with Crippen molar-refractivity contribution in [1.82, 2.24) is 4.90 Å². The molecule has 1 spiro atoms. The summed E-state index contributed by atoms with van der Waals surface area (Å²) in [5.41, 5.74) is 2.73. The number of amides is 1. The van der Waals surface area contributed by atoms with Crippen molar-refractivity contribution < 1.29 is 14.3 Å². The first-order valence-electron chi connectivity index (χ1n) is 10.4. The molecule has 1 saturated heterocycles. The van der Waals surface area contributed by atoms with Gasteiger partial charge in [0.25, 0.3) is 0 Å². The summed E-state index contributed by atoms with van der Waals surface area (Å²) < 4.78 is 11.2. The number of methoxy groups -OCH3 is 1. The van der Waals surface area contributed by atoms with E-state index in [4.69, 9.17) is 9.47 Å². The molecule has 3 fully saturated rings. The highest BCUT2D eigenvalue weighted by Gasteiger charge is 2.48. The molecule has 27 heavy (non-hydrogen) atoms. The van der Waals surface area contributed by atoms with Gasteiger partial charge in [0.1, 0.15) is 11.4 Å².